The van der Waals surface area contributed by atoms with Gasteiger partial charge in [0.05, 0.1) is 6.10 Å². The first-order chi connectivity index (χ1) is 7.30. The number of hydrogen-bond donors (Lipinski definition) is 2. The zero-order chi connectivity index (χ0) is 12.3. The van der Waals surface area contributed by atoms with Crippen molar-refractivity contribution in [1.29, 1.82) is 0 Å². The van der Waals surface area contributed by atoms with Crippen LogP contribution >= 0.6 is 15.9 Å². The molecule has 0 unspecified atom stereocenters. The number of aromatic hydroxyl groups is 1. The fourth-order valence-corrected chi connectivity index (χ4v) is 1.36. The van der Waals surface area contributed by atoms with E-state index < -0.39 is 6.10 Å². The minimum atomic E-state index is -0.578. The van der Waals surface area contributed by atoms with E-state index in [4.69, 9.17) is 4.74 Å². The molecule has 90 valence electrons. The summed E-state index contributed by atoms with van der Waals surface area (Å²) in [6.45, 7) is 5.96. The van der Waals surface area contributed by atoms with Gasteiger partial charge < -0.3 is 14.9 Å². The van der Waals surface area contributed by atoms with Crippen molar-refractivity contribution in [3.63, 3.8) is 0 Å². The van der Waals surface area contributed by atoms with Gasteiger partial charge in [-0.15, -0.1) is 0 Å². The maximum atomic E-state index is 9.79. The van der Waals surface area contributed by atoms with Crippen LogP contribution in [0.25, 0.3) is 0 Å². The predicted molar refractivity (Wildman–Crippen MR) is 66.8 cm³/mol. The molecule has 2 N–H and O–H groups in total. The van der Waals surface area contributed by atoms with Crippen molar-refractivity contribution < 1.29 is 14.9 Å². The van der Waals surface area contributed by atoms with Gasteiger partial charge in [0.15, 0.2) is 11.5 Å². The molecule has 0 bridgehead atoms. The fraction of sp³-hybridized carbons (Fsp3) is 0.500. The van der Waals surface area contributed by atoms with Crippen molar-refractivity contribution >= 4 is 15.9 Å². The van der Waals surface area contributed by atoms with E-state index in [-0.39, 0.29) is 17.8 Å². The van der Waals surface area contributed by atoms with E-state index in [1.54, 1.807) is 18.2 Å². The Hall–Kier alpha value is -0.740. The Kier molecular flexibility index (Phi) is 4.21. The third-order valence-corrected chi connectivity index (χ3v) is 2.81. The first kappa shape index (κ1) is 13.3. The number of halogens is 1. The maximum absolute atomic E-state index is 9.79. The average molecular weight is 289 g/mol. The van der Waals surface area contributed by atoms with Crippen molar-refractivity contribution in [3.05, 3.63) is 22.7 Å². The Morgan fingerprint density at radius 3 is 2.56 bits per heavy atom. The van der Waals surface area contributed by atoms with E-state index in [1.807, 2.05) is 20.8 Å². The van der Waals surface area contributed by atoms with Crippen LogP contribution in [0, 0.1) is 5.41 Å². The molecule has 0 amide bonds. The van der Waals surface area contributed by atoms with Crippen LogP contribution in [-0.2, 0) is 0 Å². The number of rotatable bonds is 3. The molecule has 0 fully saturated rings. The third kappa shape index (κ3) is 3.68. The molecular weight excluding hydrogens is 272 g/mol. The molecule has 0 aliphatic rings. The molecule has 4 heteroatoms. The second-order valence-corrected chi connectivity index (χ2v) is 5.72. The number of benzene rings is 1. The fourth-order valence-electron chi connectivity index (χ4n) is 1.02. The first-order valence-electron chi connectivity index (χ1n) is 5.10. The van der Waals surface area contributed by atoms with Crippen LogP contribution in [0.4, 0.5) is 0 Å². The van der Waals surface area contributed by atoms with Crippen molar-refractivity contribution in [2.45, 2.75) is 26.9 Å². The highest BCUT2D eigenvalue weighted by molar-refractivity contribution is 9.10. The summed E-state index contributed by atoms with van der Waals surface area (Å²) >= 11 is 3.29. The van der Waals surface area contributed by atoms with Gasteiger partial charge in [0.2, 0.25) is 0 Å². The summed E-state index contributed by atoms with van der Waals surface area (Å²) in [6.07, 6.45) is -0.578. The number of hydrogen-bond acceptors (Lipinski definition) is 3. The van der Waals surface area contributed by atoms with Gasteiger partial charge in [0.1, 0.15) is 6.61 Å². The minimum Gasteiger partial charge on any atom is -0.504 e. The summed E-state index contributed by atoms with van der Waals surface area (Å²) in [7, 11) is 0. The lowest BCUT2D eigenvalue weighted by atomic mass is 9.90. The highest BCUT2D eigenvalue weighted by Gasteiger charge is 2.22. The largest absolute Gasteiger partial charge is 0.504 e. The zero-order valence-electron chi connectivity index (χ0n) is 9.70. The number of phenolic OH excluding ortho intramolecular Hbond substituents is 1. The molecular formula is C12H17BrO3. The standard InChI is InChI=1S/C12H17BrO3/c1-12(2,3)11(15)7-16-10-6-8(13)4-5-9(10)14/h4-6,11,14-15H,7H2,1-3H3/t11-/m1/s1. The molecule has 1 aromatic carbocycles. The van der Waals surface area contributed by atoms with Gasteiger partial charge in [0, 0.05) is 4.47 Å². The van der Waals surface area contributed by atoms with Gasteiger partial charge in [-0.1, -0.05) is 36.7 Å². The molecule has 1 atom stereocenters. The van der Waals surface area contributed by atoms with Crippen molar-refractivity contribution in [3.8, 4) is 11.5 Å². The molecule has 0 saturated heterocycles. The second-order valence-electron chi connectivity index (χ2n) is 4.80. The number of phenols is 1. The lowest BCUT2D eigenvalue weighted by Crippen LogP contribution is -2.31. The monoisotopic (exact) mass is 288 g/mol. The van der Waals surface area contributed by atoms with Crippen LogP contribution in [0.2, 0.25) is 0 Å². The Morgan fingerprint density at radius 2 is 2.00 bits per heavy atom. The van der Waals surface area contributed by atoms with E-state index in [1.165, 1.54) is 0 Å². The van der Waals surface area contributed by atoms with Crippen LogP contribution in [0.3, 0.4) is 0 Å². The highest BCUT2D eigenvalue weighted by Crippen LogP contribution is 2.30. The topological polar surface area (TPSA) is 49.7 Å². The average Bonchev–Trinajstić information content (AvgIpc) is 2.17. The maximum Gasteiger partial charge on any atom is 0.162 e. The smallest absolute Gasteiger partial charge is 0.162 e. The van der Waals surface area contributed by atoms with Gasteiger partial charge in [-0.05, 0) is 23.6 Å². The number of aliphatic hydroxyl groups is 1. The normalized spacial score (nSPS) is 13.6. The Balaban J connectivity index is 2.64. The number of ether oxygens (including phenoxy) is 1. The Bertz CT molecular complexity index is 358. The van der Waals surface area contributed by atoms with Gasteiger partial charge in [-0.3, -0.25) is 0 Å². The first-order valence-corrected chi connectivity index (χ1v) is 5.89. The molecule has 3 nitrogen and oxygen atoms in total. The summed E-state index contributed by atoms with van der Waals surface area (Å²) < 4.78 is 6.20. The summed E-state index contributed by atoms with van der Waals surface area (Å²) in [6, 6.07) is 4.94. The molecule has 0 saturated carbocycles. The minimum absolute atomic E-state index is 0.0734. The summed E-state index contributed by atoms with van der Waals surface area (Å²) in [5, 5.41) is 19.3. The van der Waals surface area contributed by atoms with Crippen LogP contribution in [0.5, 0.6) is 11.5 Å². The summed E-state index contributed by atoms with van der Waals surface area (Å²) in [4.78, 5) is 0. The van der Waals surface area contributed by atoms with E-state index >= 15 is 0 Å². The SMILES string of the molecule is CC(C)(C)[C@H](O)COc1cc(Br)ccc1O. The molecule has 1 aromatic rings. The highest BCUT2D eigenvalue weighted by atomic mass is 79.9. The molecule has 1 rings (SSSR count). The van der Waals surface area contributed by atoms with Crippen molar-refractivity contribution in [2.24, 2.45) is 5.41 Å². The van der Waals surface area contributed by atoms with Gasteiger partial charge in [0.25, 0.3) is 0 Å². The molecule has 0 aliphatic heterocycles. The van der Waals surface area contributed by atoms with Crippen LogP contribution in [0.15, 0.2) is 22.7 Å². The van der Waals surface area contributed by atoms with Crippen LogP contribution < -0.4 is 4.74 Å². The Labute approximate surface area is 104 Å². The van der Waals surface area contributed by atoms with E-state index in [0.29, 0.717) is 5.75 Å². The van der Waals surface area contributed by atoms with Crippen molar-refractivity contribution in [2.75, 3.05) is 6.61 Å². The van der Waals surface area contributed by atoms with E-state index in [9.17, 15) is 10.2 Å². The van der Waals surface area contributed by atoms with Crippen molar-refractivity contribution in [1.82, 2.24) is 0 Å². The lowest BCUT2D eigenvalue weighted by molar-refractivity contribution is 0.0211. The summed E-state index contributed by atoms with van der Waals surface area (Å²) in [5.74, 6) is 0.446. The molecule has 0 aliphatic carbocycles. The molecule has 0 aromatic heterocycles. The van der Waals surface area contributed by atoms with Crippen LogP contribution in [-0.4, -0.2) is 22.9 Å². The summed E-state index contributed by atoms with van der Waals surface area (Å²) in [5.41, 5.74) is -0.234. The second kappa shape index (κ2) is 5.06. The molecule has 16 heavy (non-hydrogen) atoms. The van der Waals surface area contributed by atoms with E-state index in [2.05, 4.69) is 15.9 Å². The quantitative estimate of drug-likeness (QED) is 0.899. The molecule has 0 spiro atoms. The van der Waals surface area contributed by atoms with Gasteiger partial charge >= 0.3 is 0 Å². The number of aliphatic hydroxyl groups excluding tert-OH is 1. The lowest BCUT2D eigenvalue weighted by Gasteiger charge is -2.25. The molecule has 0 radical (unpaired) electrons. The van der Waals surface area contributed by atoms with Gasteiger partial charge in [-0.2, -0.15) is 0 Å². The van der Waals surface area contributed by atoms with E-state index in [0.717, 1.165) is 4.47 Å². The zero-order valence-corrected chi connectivity index (χ0v) is 11.3. The molecule has 0 heterocycles. The van der Waals surface area contributed by atoms with Gasteiger partial charge in [-0.25, -0.2) is 0 Å². The predicted octanol–water partition coefficient (Wildman–Crippen LogP) is 2.94. The third-order valence-electron chi connectivity index (χ3n) is 2.32. The Morgan fingerprint density at radius 1 is 1.38 bits per heavy atom. The van der Waals surface area contributed by atoms with Crippen LogP contribution in [0.1, 0.15) is 20.8 Å².